The highest BCUT2D eigenvalue weighted by atomic mass is 79.9. The van der Waals surface area contributed by atoms with Crippen LogP contribution in [0.3, 0.4) is 0 Å². The Hall–Kier alpha value is -1.44. The molecule has 2 aromatic heterocycles. The molecule has 0 saturated heterocycles. The first-order chi connectivity index (χ1) is 10.7. The van der Waals surface area contributed by atoms with Crippen LogP contribution in [-0.4, -0.2) is 25.4 Å². The molecule has 7 heteroatoms. The summed E-state index contributed by atoms with van der Waals surface area (Å²) in [7, 11) is -5.38. The van der Waals surface area contributed by atoms with Gasteiger partial charge in [0.2, 0.25) is 0 Å². The van der Waals surface area contributed by atoms with Crippen molar-refractivity contribution in [3.63, 3.8) is 0 Å². The molecule has 3 rings (SSSR count). The summed E-state index contributed by atoms with van der Waals surface area (Å²) in [6.45, 7) is 6.55. The summed E-state index contributed by atoms with van der Waals surface area (Å²) in [5.41, 5.74) is 1.38. The van der Waals surface area contributed by atoms with Gasteiger partial charge in [0.15, 0.2) is 0 Å². The van der Waals surface area contributed by atoms with E-state index in [-0.39, 0.29) is 4.90 Å². The van der Waals surface area contributed by atoms with Crippen molar-refractivity contribution in [1.82, 2.24) is 8.96 Å². The number of rotatable bonds is 3. The summed E-state index contributed by atoms with van der Waals surface area (Å²) >= 11 is 3.38. The third-order valence-corrected chi connectivity index (χ3v) is 7.80. The molecule has 0 fully saturated rings. The first-order valence-corrected chi connectivity index (χ1v) is 12.9. The van der Waals surface area contributed by atoms with Gasteiger partial charge in [-0.3, -0.25) is 0 Å². The van der Waals surface area contributed by atoms with Crippen LogP contribution in [0.1, 0.15) is 0 Å². The van der Waals surface area contributed by atoms with Gasteiger partial charge >= 0.3 is 0 Å². The van der Waals surface area contributed by atoms with Crippen molar-refractivity contribution < 1.29 is 8.42 Å². The second-order valence-electron chi connectivity index (χ2n) is 6.41. The standard InChI is InChI=1S/C16H17BrN2O2SSi/c1-23(2,3)14-11-19(13-9-10-15(17)18-16(13)14)22(20,21)12-7-5-4-6-8-12/h4-11H,1-3H3. The van der Waals surface area contributed by atoms with E-state index in [4.69, 9.17) is 0 Å². The van der Waals surface area contributed by atoms with Crippen molar-refractivity contribution in [2.45, 2.75) is 24.5 Å². The van der Waals surface area contributed by atoms with Crippen molar-refractivity contribution in [1.29, 1.82) is 0 Å². The predicted octanol–water partition coefficient (Wildman–Crippen LogP) is 3.58. The zero-order valence-corrected chi connectivity index (χ0v) is 16.5. The number of benzene rings is 1. The Morgan fingerprint density at radius 1 is 1.04 bits per heavy atom. The van der Waals surface area contributed by atoms with Crippen LogP contribution in [0.2, 0.25) is 19.6 Å². The molecule has 120 valence electrons. The smallest absolute Gasteiger partial charge is 0.240 e. The van der Waals surface area contributed by atoms with E-state index >= 15 is 0 Å². The third kappa shape index (κ3) is 2.88. The molecule has 0 saturated carbocycles. The number of hydrogen-bond acceptors (Lipinski definition) is 3. The van der Waals surface area contributed by atoms with Crippen molar-refractivity contribution >= 4 is 50.2 Å². The molecule has 3 aromatic rings. The largest absolute Gasteiger partial charge is 0.268 e. The Balaban J connectivity index is 2.36. The van der Waals surface area contributed by atoms with E-state index in [2.05, 4.69) is 40.6 Å². The summed E-state index contributed by atoms with van der Waals surface area (Å²) in [4.78, 5) is 4.82. The van der Waals surface area contributed by atoms with Gasteiger partial charge in [0.1, 0.15) is 4.60 Å². The molecule has 0 unspecified atom stereocenters. The van der Waals surface area contributed by atoms with Gasteiger partial charge in [-0.25, -0.2) is 17.4 Å². The molecule has 1 aromatic carbocycles. The van der Waals surface area contributed by atoms with Gasteiger partial charge in [0.25, 0.3) is 10.0 Å². The van der Waals surface area contributed by atoms with Crippen LogP contribution in [0.4, 0.5) is 0 Å². The topological polar surface area (TPSA) is 52.0 Å². The Kier molecular flexibility index (Phi) is 3.98. The zero-order valence-electron chi connectivity index (χ0n) is 13.1. The van der Waals surface area contributed by atoms with Crippen LogP contribution < -0.4 is 5.19 Å². The van der Waals surface area contributed by atoms with E-state index in [1.54, 1.807) is 48.7 Å². The molecule has 0 radical (unpaired) electrons. The Labute approximate surface area is 145 Å². The summed E-state index contributed by atoms with van der Waals surface area (Å²) in [6, 6.07) is 12.1. The molecular formula is C16H17BrN2O2SSi. The maximum atomic E-state index is 13.0. The first kappa shape index (κ1) is 16.4. The van der Waals surface area contributed by atoms with Crippen molar-refractivity contribution in [3.05, 3.63) is 53.3 Å². The number of halogens is 1. The molecule has 0 aliphatic carbocycles. The normalized spacial score (nSPS) is 12.7. The molecule has 0 atom stereocenters. The van der Waals surface area contributed by atoms with Gasteiger partial charge < -0.3 is 0 Å². The lowest BCUT2D eigenvalue weighted by Gasteiger charge is -2.14. The van der Waals surface area contributed by atoms with Gasteiger partial charge in [-0.05, 0) is 45.4 Å². The van der Waals surface area contributed by atoms with E-state index in [1.807, 2.05) is 0 Å². The Morgan fingerprint density at radius 3 is 2.30 bits per heavy atom. The molecule has 0 aliphatic heterocycles. The number of hydrogen-bond donors (Lipinski definition) is 0. The fourth-order valence-electron chi connectivity index (χ4n) is 2.51. The highest BCUT2D eigenvalue weighted by molar-refractivity contribution is 9.10. The quantitative estimate of drug-likeness (QED) is 0.491. The summed E-state index contributed by atoms with van der Waals surface area (Å²) < 4.78 is 28.1. The fraction of sp³-hybridized carbons (Fsp3) is 0.188. The molecule has 2 heterocycles. The number of pyridine rings is 1. The summed E-state index contributed by atoms with van der Waals surface area (Å²) in [6.07, 6.45) is 1.75. The van der Waals surface area contributed by atoms with Crippen molar-refractivity contribution in [2.24, 2.45) is 0 Å². The summed E-state index contributed by atoms with van der Waals surface area (Å²) in [5, 5.41) is 1.04. The number of nitrogens with zero attached hydrogens (tertiary/aromatic N) is 2. The predicted molar refractivity (Wildman–Crippen MR) is 99.4 cm³/mol. The van der Waals surface area contributed by atoms with Crippen LogP contribution in [0.5, 0.6) is 0 Å². The van der Waals surface area contributed by atoms with E-state index < -0.39 is 18.1 Å². The highest BCUT2D eigenvalue weighted by Crippen LogP contribution is 2.23. The van der Waals surface area contributed by atoms with Gasteiger partial charge in [-0.1, -0.05) is 37.8 Å². The molecule has 0 aliphatic rings. The average Bonchev–Trinajstić information content (AvgIpc) is 2.87. The van der Waals surface area contributed by atoms with E-state index in [9.17, 15) is 8.42 Å². The first-order valence-electron chi connectivity index (χ1n) is 7.20. The number of aromatic nitrogens is 2. The van der Waals surface area contributed by atoms with Crippen molar-refractivity contribution in [2.75, 3.05) is 0 Å². The second-order valence-corrected chi connectivity index (χ2v) is 14.1. The van der Waals surface area contributed by atoms with Crippen molar-refractivity contribution in [3.8, 4) is 0 Å². The van der Waals surface area contributed by atoms with Gasteiger partial charge in [0.05, 0.1) is 24.0 Å². The minimum atomic E-state index is -3.63. The summed E-state index contributed by atoms with van der Waals surface area (Å²) in [5.74, 6) is 0. The van der Waals surface area contributed by atoms with Crippen LogP contribution >= 0.6 is 15.9 Å². The molecule has 0 N–H and O–H groups in total. The molecule has 4 nitrogen and oxygen atoms in total. The maximum absolute atomic E-state index is 13.0. The lowest BCUT2D eigenvalue weighted by Crippen LogP contribution is -2.37. The molecule has 23 heavy (non-hydrogen) atoms. The molecular weight excluding hydrogens is 392 g/mol. The Morgan fingerprint density at radius 2 is 1.70 bits per heavy atom. The zero-order chi connectivity index (χ0) is 16.8. The molecule has 0 bridgehead atoms. The lowest BCUT2D eigenvalue weighted by molar-refractivity contribution is 0.589. The van der Waals surface area contributed by atoms with Gasteiger partial charge in [-0.15, -0.1) is 0 Å². The minimum absolute atomic E-state index is 0.280. The third-order valence-electron chi connectivity index (χ3n) is 3.69. The molecule has 0 spiro atoms. The van der Waals surface area contributed by atoms with E-state index in [0.717, 1.165) is 10.7 Å². The second kappa shape index (κ2) is 5.57. The van der Waals surface area contributed by atoms with E-state index in [1.165, 1.54) is 3.97 Å². The number of fused-ring (bicyclic) bond motifs is 1. The lowest BCUT2D eigenvalue weighted by atomic mass is 10.4. The van der Waals surface area contributed by atoms with Gasteiger partial charge in [-0.2, -0.15) is 0 Å². The van der Waals surface area contributed by atoms with Crippen LogP contribution in [0.25, 0.3) is 11.0 Å². The van der Waals surface area contributed by atoms with Crippen LogP contribution in [-0.2, 0) is 10.0 Å². The van der Waals surface area contributed by atoms with Crippen LogP contribution in [0, 0.1) is 0 Å². The van der Waals surface area contributed by atoms with Gasteiger partial charge in [0, 0.05) is 6.20 Å². The maximum Gasteiger partial charge on any atom is 0.268 e. The highest BCUT2D eigenvalue weighted by Gasteiger charge is 2.28. The Bertz CT molecular complexity index is 976. The average molecular weight is 409 g/mol. The minimum Gasteiger partial charge on any atom is -0.240 e. The van der Waals surface area contributed by atoms with Crippen LogP contribution in [0.15, 0.2) is 58.2 Å². The fourth-order valence-corrected chi connectivity index (χ4v) is 5.70. The SMILES string of the molecule is C[Si](C)(C)c1cn(S(=O)(=O)c2ccccc2)c2ccc(Br)nc12. The monoisotopic (exact) mass is 408 g/mol. The molecule has 0 amide bonds. The van der Waals surface area contributed by atoms with E-state index in [0.29, 0.717) is 10.1 Å².